The smallest absolute Gasteiger partial charge is 0.315 e. The molecule has 4 rings (SSSR count). The molecule has 0 saturated carbocycles. The molecule has 0 fully saturated rings. The number of halogens is 1. The minimum atomic E-state index is -0.417. The highest BCUT2D eigenvalue weighted by molar-refractivity contribution is 7.11. The zero-order valence-electron chi connectivity index (χ0n) is 15.9. The van der Waals surface area contributed by atoms with Gasteiger partial charge in [-0.3, -0.25) is 0 Å². The van der Waals surface area contributed by atoms with Crippen LogP contribution in [0.4, 0.5) is 9.18 Å². The molecule has 5 nitrogen and oxygen atoms in total. The second kappa shape index (κ2) is 9.05. The normalized spacial score (nSPS) is 12.9. The number of benzene rings is 2. The zero-order valence-corrected chi connectivity index (χ0v) is 16.7. The van der Waals surface area contributed by atoms with Crippen molar-refractivity contribution in [3.63, 3.8) is 0 Å². The number of amides is 2. The SMILES string of the molecule is O=C(NCc1cccc(Oc2ccccc2F)c1)NCc1nc2c(s1)CCCC2. The molecule has 1 aliphatic carbocycles. The number of hydrogen-bond acceptors (Lipinski definition) is 4. The van der Waals surface area contributed by atoms with Gasteiger partial charge >= 0.3 is 6.03 Å². The van der Waals surface area contributed by atoms with Crippen LogP contribution in [0.1, 0.15) is 34.0 Å². The summed E-state index contributed by atoms with van der Waals surface area (Å²) < 4.78 is 19.3. The molecule has 2 aromatic carbocycles. The Morgan fingerprint density at radius 2 is 1.90 bits per heavy atom. The Labute approximate surface area is 172 Å². The summed E-state index contributed by atoms with van der Waals surface area (Å²) in [5.74, 6) is 0.268. The third kappa shape index (κ3) is 5.12. The lowest BCUT2D eigenvalue weighted by Crippen LogP contribution is -2.34. The van der Waals surface area contributed by atoms with Gasteiger partial charge in [0.15, 0.2) is 11.6 Å². The molecule has 0 aliphatic heterocycles. The van der Waals surface area contributed by atoms with Crippen molar-refractivity contribution < 1.29 is 13.9 Å². The fourth-order valence-electron chi connectivity index (χ4n) is 3.26. The van der Waals surface area contributed by atoms with E-state index in [2.05, 4.69) is 15.6 Å². The van der Waals surface area contributed by atoms with Crippen LogP contribution in [0.5, 0.6) is 11.5 Å². The summed E-state index contributed by atoms with van der Waals surface area (Å²) in [6.07, 6.45) is 4.57. The van der Waals surface area contributed by atoms with E-state index in [1.54, 1.807) is 41.7 Å². The van der Waals surface area contributed by atoms with Crippen LogP contribution in [0.3, 0.4) is 0 Å². The van der Waals surface area contributed by atoms with E-state index in [0.717, 1.165) is 23.4 Å². The summed E-state index contributed by atoms with van der Waals surface area (Å²) in [6.45, 7) is 0.772. The number of ether oxygens (including phenoxy) is 1. The van der Waals surface area contributed by atoms with Crippen LogP contribution in [0.2, 0.25) is 0 Å². The average molecular weight is 412 g/mol. The summed E-state index contributed by atoms with van der Waals surface area (Å²) in [4.78, 5) is 18.1. The number of aromatic nitrogens is 1. The van der Waals surface area contributed by atoms with Crippen LogP contribution < -0.4 is 15.4 Å². The van der Waals surface area contributed by atoms with Crippen molar-refractivity contribution >= 4 is 17.4 Å². The molecule has 0 atom stereocenters. The molecule has 0 radical (unpaired) electrons. The van der Waals surface area contributed by atoms with E-state index in [1.165, 1.54) is 29.5 Å². The fourth-order valence-corrected chi connectivity index (χ4v) is 4.35. The van der Waals surface area contributed by atoms with Crippen molar-refractivity contribution in [3.8, 4) is 11.5 Å². The minimum absolute atomic E-state index is 0.168. The molecule has 1 heterocycles. The van der Waals surface area contributed by atoms with Gasteiger partial charge in [-0.25, -0.2) is 14.2 Å². The second-order valence-electron chi connectivity index (χ2n) is 6.90. The molecule has 2 amide bonds. The highest BCUT2D eigenvalue weighted by Crippen LogP contribution is 2.27. The first-order chi connectivity index (χ1) is 14.2. The first-order valence-corrected chi connectivity index (χ1v) is 10.5. The first kappa shape index (κ1) is 19.4. The summed E-state index contributed by atoms with van der Waals surface area (Å²) in [6, 6.07) is 13.2. The Morgan fingerprint density at radius 3 is 2.76 bits per heavy atom. The molecule has 0 saturated heterocycles. The minimum Gasteiger partial charge on any atom is -0.454 e. The summed E-state index contributed by atoms with van der Waals surface area (Å²) in [5, 5.41) is 6.64. The molecule has 1 aromatic heterocycles. The van der Waals surface area contributed by atoms with Gasteiger partial charge in [0.2, 0.25) is 0 Å². The number of carbonyl (C=O) groups excluding carboxylic acids is 1. The van der Waals surface area contributed by atoms with Crippen LogP contribution in [0, 0.1) is 5.82 Å². The molecule has 3 aromatic rings. The van der Waals surface area contributed by atoms with Crippen molar-refractivity contribution in [2.45, 2.75) is 38.8 Å². The topological polar surface area (TPSA) is 63.2 Å². The maximum Gasteiger partial charge on any atom is 0.315 e. The lowest BCUT2D eigenvalue weighted by molar-refractivity contribution is 0.240. The largest absolute Gasteiger partial charge is 0.454 e. The Bertz CT molecular complexity index is 982. The number of thiazole rings is 1. The van der Waals surface area contributed by atoms with E-state index in [1.807, 2.05) is 12.1 Å². The molecule has 150 valence electrons. The van der Waals surface area contributed by atoms with E-state index in [4.69, 9.17) is 4.74 Å². The zero-order chi connectivity index (χ0) is 20.1. The molecular formula is C22H22FN3O2S. The van der Waals surface area contributed by atoms with Gasteiger partial charge in [0.25, 0.3) is 0 Å². The predicted molar refractivity (Wildman–Crippen MR) is 111 cm³/mol. The van der Waals surface area contributed by atoms with E-state index in [-0.39, 0.29) is 11.8 Å². The van der Waals surface area contributed by atoms with Gasteiger partial charge < -0.3 is 15.4 Å². The molecule has 0 unspecified atom stereocenters. The Balaban J connectivity index is 1.28. The third-order valence-electron chi connectivity index (χ3n) is 4.71. The van der Waals surface area contributed by atoms with Gasteiger partial charge in [-0.05, 0) is 55.5 Å². The molecule has 0 spiro atoms. The number of hydrogen-bond donors (Lipinski definition) is 2. The van der Waals surface area contributed by atoms with Crippen LogP contribution in [0.25, 0.3) is 0 Å². The Kier molecular flexibility index (Phi) is 6.05. The first-order valence-electron chi connectivity index (χ1n) is 9.68. The van der Waals surface area contributed by atoms with Gasteiger partial charge in [-0.2, -0.15) is 0 Å². The molecular weight excluding hydrogens is 389 g/mol. The van der Waals surface area contributed by atoms with Crippen LogP contribution in [-0.2, 0) is 25.9 Å². The van der Waals surface area contributed by atoms with Gasteiger partial charge in [0.05, 0.1) is 12.2 Å². The van der Waals surface area contributed by atoms with Crippen molar-refractivity contribution in [2.75, 3.05) is 0 Å². The molecule has 2 N–H and O–H groups in total. The second-order valence-corrected chi connectivity index (χ2v) is 8.07. The van der Waals surface area contributed by atoms with Gasteiger partial charge in [0, 0.05) is 11.4 Å². The van der Waals surface area contributed by atoms with Gasteiger partial charge in [0.1, 0.15) is 10.8 Å². The molecule has 7 heteroatoms. The van der Waals surface area contributed by atoms with E-state index in [0.29, 0.717) is 18.8 Å². The van der Waals surface area contributed by atoms with Gasteiger partial charge in [-0.1, -0.05) is 24.3 Å². The fraction of sp³-hybridized carbons (Fsp3) is 0.273. The Morgan fingerprint density at radius 1 is 1.07 bits per heavy atom. The summed E-state index contributed by atoms with van der Waals surface area (Å²) in [5.41, 5.74) is 2.06. The van der Waals surface area contributed by atoms with E-state index >= 15 is 0 Å². The van der Waals surface area contributed by atoms with Crippen molar-refractivity contribution in [1.82, 2.24) is 15.6 Å². The predicted octanol–water partition coefficient (Wildman–Crippen LogP) is 4.95. The number of carbonyl (C=O) groups is 1. The molecule has 1 aliphatic rings. The number of aryl methyl sites for hydroxylation is 2. The van der Waals surface area contributed by atoms with Crippen LogP contribution in [0.15, 0.2) is 48.5 Å². The van der Waals surface area contributed by atoms with Crippen LogP contribution in [-0.4, -0.2) is 11.0 Å². The Hall–Kier alpha value is -2.93. The van der Waals surface area contributed by atoms with Crippen molar-refractivity contribution in [1.29, 1.82) is 0 Å². The quantitative estimate of drug-likeness (QED) is 0.603. The maximum absolute atomic E-state index is 13.7. The summed E-state index contributed by atoms with van der Waals surface area (Å²) in [7, 11) is 0. The third-order valence-corrected chi connectivity index (χ3v) is 5.86. The average Bonchev–Trinajstić information content (AvgIpc) is 3.16. The lowest BCUT2D eigenvalue weighted by atomic mass is 10.0. The number of nitrogens with one attached hydrogen (secondary N) is 2. The maximum atomic E-state index is 13.7. The summed E-state index contributed by atoms with van der Waals surface area (Å²) >= 11 is 1.69. The van der Waals surface area contributed by atoms with E-state index < -0.39 is 5.82 Å². The van der Waals surface area contributed by atoms with Gasteiger partial charge in [-0.15, -0.1) is 11.3 Å². The molecule has 0 bridgehead atoms. The number of fused-ring (bicyclic) bond motifs is 1. The van der Waals surface area contributed by atoms with Crippen molar-refractivity contribution in [3.05, 3.63) is 75.5 Å². The number of para-hydroxylation sites is 1. The highest BCUT2D eigenvalue weighted by Gasteiger charge is 2.15. The van der Waals surface area contributed by atoms with E-state index in [9.17, 15) is 9.18 Å². The standard InChI is InChI=1S/C22H22FN3O2S/c23-17-8-1-3-10-19(17)28-16-7-5-6-15(12-16)13-24-22(27)25-14-21-26-18-9-2-4-11-20(18)29-21/h1,3,5-8,10,12H,2,4,9,11,13-14H2,(H2,24,25,27). The number of urea groups is 1. The van der Waals surface area contributed by atoms with Crippen molar-refractivity contribution in [2.24, 2.45) is 0 Å². The number of nitrogens with zero attached hydrogens (tertiary/aromatic N) is 1. The molecule has 29 heavy (non-hydrogen) atoms. The number of rotatable bonds is 6. The lowest BCUT2D eigenvalue weighted by Gasteiger charge is -2.10. The monoisotopic (exact) mass is 411 g/mol. The highest BCUT2D eigenvalue weighted by atomic mass is 32.1. The van der Waals surface area contributed by atoms with Crippen LogP contribution >= 0.6 is 11.3 Å².